The monoisotopic (exact) mass is 270 g/mol. The molecule has 2 saturated heterocycles. The summed E-state index contributed by atoms with van der Waals surface area (Å²) in [5.41, 5.74) is -0.252. The summed E-state index contributed by atoms with van der Waals surface area (Å²) in [4.78, 5) is 30.5. The van der Waals surface area contributed by atoms with Gasteiger partial charge in [0.2, 0.25) is 0 Å². The molecule has 2 fully saturated rings. The lowest BCUT2D eigenvalue weighted by Crippen LogP contribution is -2.51. The fourth-order valence-electron chi connectivity index (χ4n) is 2.84. The van der Waals surface area contributed by atoms with E-state index in [-0.39, 0.29) is 17.5 Å². The minimum absolute atomic E-state index is 0.0625. The van der Waals surface area contributed by atoms with Crippen molar-refractivity contribution in [2.24, 2.45) is 5.41 Å². The van der Waals surface area contributed by atoms with Crippen LogP contribution < -0.4 is 0 Å². The Balaban J connectivity index is 2.16. The van der Waals surface area contributed by atoms with Crippen LogP contribution >= 0.6 is 0 Å². The maximum absolute atomic E-state index is 12.2. The third-order valence-electron chi connectivity index (χ3n) is 4.10. The molecule has 6 nitrogen and oxygen atoms in total. The number of piperidine rings is 1. The van der Waals surface area contributed by atoms with Gasteiger partial charge in [-0.05, 0) is 18.3 Å². The summed E-state index contributed by atoms with van der Waals surface area (Å²) in [7, 11) is 0. The van der Waals surface area contributed by atoms with Gasteiger partial charge in [0.1, 0.15) is 6.04 Å². The molecule has 0 spiro atoms. The fraction of sp³-hybridized carbons (Fsp3) is 0.846. The van der Waals surface area contributed by atoms with Crippen molar-refractivity contribution in [2.45, 2.75) is 52.1 Å². The number of rotatable bonds is 5. The Bertz CT molecular complexity index is 383. The second-order valence-corrected chi connectivity index (χ2v) is 6.01. The Hall–Kier alpha value is -1.30. The van der Waals surface area contributed by atoms with E-state index in [0.717, 1.165) is 12.8 Å². The van der Waals surface area contributed by atoms with E-state index in [1.54, 1.807) is 0 Å². The van der Waals surface area contributed by atoms with Crippen LogP contribution in [0.1, 0.15) is 40.0 Å². The average molecular weight is 270 g/mol. The molecule has 2 amide bonds. The zero-order valence-electron chi connectivity index (χ0n) is 11.8. The molecule has 0 radical (unpaired) electrons. The predicted molar refractivity (Wildman–Crippen MR) is 68.4 cm³/mol. The van der Waals surface area contributed by atoms with Crippen LogP contribution in [0.2, 0.25) is 0 Å². The molecule has 2 atom stereocenters. The molecular formula is C13H22N2O4. The minimum atomic E-state index is -0.935. The number of fused-ring (bicyclic) bond motifs is 2. The third-order valence-corrected chi connectivity index (χ3v) is 4.10. The second kappa shape index (κ2) is 5.00. The van der Waals surface area contributed by atoms with Crippen LogP contribution in [0.25, 0.3) is 0 Å². The van der Waals surface area contributed by atoms with Crippen molar-refractivity contribution in [3.05, 3.63) is 0 Å². The van der Waals surface area contributed by atoms with Gasteiger partial charge < -0.3 is 10.0 Å². The Kier molecular flexibility index (Phi) is 3.71. The number of hydroxylamine groups is 2. The van der Waals surface area contributed by atoms with Crippen LogP contribution in [-0.4, -0.2) is 52.3 Å². The number of aliphatic carboxylic acids is 1. The number of hydrogen-bond donors (Lipinski definition) is 1. The van der Waals surface area contributed by atoms with E-state index < -0.39 is 12.0 Å². The lowest BCUT2D eigenvalue weighted by molar-refractivity contribution is -0.155. The molecule has 2 bridgehead atoms. The fourth-order valence-corrected chi connectivity index (χ4v) is 2.84. The van der Waals surface area contributed by atoms with Crippen LogP contribution in [0.3, 0.4) is 0 Å². The van der Waals surface area contributed by atoms with Gasteiger partial charge in [-0.3, -0.25) is 4.84 Å². The number of carboxylic acids is 1. The largest absolute Gasteiger partial charge is 0.480 e. The van der Waals surface area contributed by atoms with E-state index in [4.69, 9.17) is 4.84 Å². The summed E-state index contributed by atoms with van der Waals surface area (Å²) < 4.78 is 0. The number of carbonyl (C=O) groups is 2. The number of amides is 2. The molecule has 0 aromatic heterocycles. The van der Waals surface area contributed by atoms with Crippen LogP contribution in [-0.2, 0) is 9.63 Å². The molecule has 19 heavy (non-hydrogen) atoms. The summed E-state index contributed by atoms with van der Waals surface area (Å²) >= 11 is 0. The highest BCUT2D eigenvalue weighted by atomic mass is 16.7. The van der Waals surface area contributed by atoms with Crippen molar-refractivity contribution in [1.82, 2.24) is 9.96 Å². The van der Waals surface area contributed by atoms with Gasteiger partial charge in [0.05, 0.1) is 12.6 Å². The van der Waals surface area contributed by atoms with Crippen LogP contribution in [0.5, 0.6) is 0 Å². The minimum Gasteiger partial charge on any atom is -0.480 e. The van der Waals surface area contributed by atoms with Crippen molar-refractivity contribution in [3.8, 4) is 0 Å². The summed E-state index contributed by atoms with van der Waals surface area (Å²) in [5, 5.41) is 10.7. The number of unbranched alkanes of at least 4 members (excludes halogenated alkanes) is 1. The normalized spacial score (nSPS) is 28.9. The lowest BCUT2D eigenvalue weighted by Gasteiger charge is -2.40. The topological polar surface area (TPSA) is 70.1 Å². The summed E-state index contributed by atoms with van der Waals surface area (Å²) in [5.74, 6) is -0.935. The Morgan fingerprint density at radius 1 is 1.53 bits per heavy atom. The van der Waals surface area contributed by atoms with E-state index in [9.17, 15) is 14.7 Å². The molecule has 108 valence electrons. The Labute approximate surface area is 113 Å². The van der Waals surface area contributed by atoms with Gasteiger partial charge in [-0.2, -0.15) is 5.06 Å². The van der Waals surface area contributed by atoms with Gasteiger partial charge in [0.15, 0.2) is 0 Å². The van der Waals surface area contributed by atoms with Gasteiger partial charge in [-0.1, -0.05) is 27.2 Å². The highest BCUT2D eigenvalue weighted by Gasteiger charge is 2.55. The summed E-state index contributed by atoms with van der Waals surface area (Å²) in [6, 6.07) is -1.11. The van der Waals surface area contributed by atoms with E-state index >= 15 is 0 Å². The van der Waals surface area contributed by atoms with Crippen LogP contribution in [0, 0.1) is 5.41 Å². The zero-order valence-corrected chi connectivity index (χ0v) is 11.8. The van der Waals surface area contributed by atoms with Gasteiger partial charge in [0, 0.05) is 6.54 Å². The van der Waals surface area contributed by atoms with Gasteiger partial charge in [-0.15, -0.1) is 0 Å². The van der Waals surface area contributed by atoms with E-state index in [2.05, 4.69) is 6.92 Å². The van der Waals surface area contributed by atoms with Crippen molar-refractivity contribution in [1.29, 1.82) is 0 Å². The van der Waals surface area contributed by atoms with Crippen molar-refractivity contribution in [3.63, 3.8) is 0 Å². The van der Waals surface area contributed by atoms with Gasteiger partial charge in [-0.25, -0.2) is 9.59 Å². The SMILES string of the molecule is CCCCON1C(=O)N2C[C@H]1C(C)(C)C[C@H]2C(=O)O. The molecule has 2 rings (SSSR count). The maximum atomic E-state index is 12.2. The third kappa shape index (κ3) is 2.41. The van der Waals surface area contributed by atoms with Gasteiger partial charge >= 0.3 is 12.0 Å². The first kappa shape index (κ1) is 14.1. The van der Waals surface area contributed by atoms with E-state index in [0.29, 0.717) is 19.6 Å². The van der Waals surface area contributed by atoms with Crippen LogP contribution in [0.15, 0.2) is 0 Å². The molecule has 2 aliphatic rings. The summed E-state index contributed by atoms with van der Waals surface area (Å²) in [6.07, 6.45) is 2.35. The number of urea groups is 1. The molecule has 0 aromatic rings. The molecule has 0 aliphatic carbocycles. The number of nitrogens with zero attached hydrogens (tertiary/aromatic N) is 2. The predicted octanol–water partition coefficient (Wildman–Crippen LogP) is 1.71. The number of hydrogen-bond acceptors (Lipinski definition) is 3. The number of carbonyl (C=O) groups excluding carboxylic acids is 1. The highest BCUT2D eigenvalue weighted by molar-refractivity contribution is 5.84. The smallest absolute Gasteiger partial charge is 0.345 e. The first-order valence-corrected chi connectivity index (χ1v) is 6.84. The number of carboxylic acid groups (broad SMARTS) is 1. The Morgan fingerprint density at radius 3 is 2.79 bits per heavy atom. The molecule has 2 aliphatic heterocycles. The molecule has 2 heterocycles. The molecular weight excluding hydrogens is 248 g/mol. The summed E-state index contributed by atoms with van der Waals surface area (Å²) in [6.45, 7) is 7.00. The van der Waals surface area contributed by atoms with Crippen LogP contribution in [0.4, 0.5) is 4.79 Å². The van der Waals surface area contributed by atoms with E-state index in [1.165, 1.54) is 9.96 Å². The average Bonchev–Trinajstić information content (AvgIpc) is 2.62. The van der Waals surface area contributed by atoms with Crippen molar-refractivity contribution < 1.29 is 19.5 Å². The van der Waals surface area contributed by atoms with Crippen molar-refractivity contribution in [2.75, 3.05) is 13.2 Å². The van der Waals surface area contributed by atoms with Crippen molar-refractivity contribution >= 4 is 12.0 Å². The first-order chi connectivity index (χ1) is 8.88. The first-order valence-electron chi connectivity index (χ1n) is 6.84. The molecule has 0 saturated carbocycles. The quantitative estimate of drug-likeness (QED) is 0.772. The lowest BCUT2D eigenvalue weighted by atomic mass is 9.76. The molecule has 0 unspecified atom stereocenters. The second-order valence-electron chi connectivity index (χ2n) is 6.01. The van der Waals surface area contributed by atoms with E-state index in [1.807, 2.05) is 13.8 Å². The maximum Gasteiger partial charge on any atom is 0.345 e. The standard InChI is InChI=1S/C13H22N2O4/c1-4-5-6-19-15-10-8-14(12(15)18)9(11(16)17)7-13(10,2)3/h9-10H,4-8H2,1-3H3,(H,16,17)/t9-,10-/m0/s1. The zero-order chi connectivity index (χ0) is 14.2. The molecule has 1 N–H and O–H groups in total. The molecule has 0 aromatic carbocycles. The molecule has 6 heteroatoms. The highest BCUT2D eigenvalue weighted by Crippen LogP contribution is 2.42. The van der Waals surface area contributed by atoms with Gasteiger partial charge in [0.25, 0.3) is 0 Å². The Morgan fingerprint density at radius 2 is 2.21 bits per heavy atom.